The smallest absolute Gasteiger partial charge is 0.250 e. The number of nitrogens with one attached hydrogen (secondary N) is 1. The number of hydrogen-bond acceptors (Lipinski definition) is 4. The molecule has 1 atom stereocenters. The van der Waals surface area contributed by atoms with Gasteiger partial charge in [0.2, 0.25) is 0 Å². The number of rotatable bonds is 3. The Morgan fingerprint density at radius 1 is 1.26 bits per heavy atom. The quantitative estimate of drug-likeness (QED) is 0.768. The van der Waals surface area contributed by atoms with E-state index in [1.807, 2.05) is 0 Å². The first-order valence-corrected chi connectivity index (χ1v) is 8.77. The van der Waals surface area contributed by atoms with Crippen LogP contribution < -0.4 is 10.2 Å². The van der Waals surface area contributed by atoms with E-state index < -0.39 is 17.7 Å². The Kier molecular flexibility index (Phi) is 4.25. The van der Waals surface area contributed by atoms with Gasteiger partial charge in [0.15, 0.2) is 11.6 Å². The number of halogens is 2. The number of carbonyl (C=O) groups excluding carboxylic acids is 1. The van der Waals surface area contributed by atoms with Crippen LogP contribution in [0, 0.1) is 18.6 Å². The van der Waals surface area contributed by atoms with Gasteiger partial charge in [-0.15, -0.1) is 0 Å². The third kappa shape index (κ3) is 3.01. The first-order valence-electron chi connectivity index (χ1n) is 8.77. The first-order chi connectivity index (χ1) is 13.0. The number of nitrogens with zero attached hydrogens (tertiary/aromatic N) is 4. The summed E-state index contributed by atoms with van der Waals surface area (Å²) < 4.78 is 29.4. The number of anilines is 2. The summed E-state index contributed by atoms with van der Waals surface area (Å²) in [5, 5.41) is 7.79. The maximum atomic E-state index is 14.2. The maximum Gasteiger partial charge on any atom is 0.250 e. The summed E-state index contributed by atoms with van der Waals surface area (Å²) in [7, 11) is 1.79. The Hall–Kier alpha value is -3.03. The normalized spacial score (nSPS) is 17.6. The van der Waals surface area contributed by atoms with E-state index in [9.17, 15) is 13.6 Å². The molecule has 1 amide bonds. The Morgan fingerprint density at radius 3 is 2.81 bits per heavy atom. The van der Waals surface area contributed by atoms with Gasteiger partial charge >= 0.3 is 0 Å². The number of pyridine rings is 1. The second-order valence-electron chi connectivity index (χ2n) is 6.71. The number of piperidine rings is 1. The third-order valence-electron chi connectivity index (χ3n) is 4.84. The fourth-order valence-corrected chi connectivity index (χ4v) is 3.54. The molecule has 0 bridgehead atoms. The van der Waals surface area contributed by atoms with Crippen molar-refractivity contribution in [1.82, 2.24) is 14.8 Å². The van der Waals surface area contributed by atoms with Crippen molar-refractivity contribution in [1.29, 1.82) is 0 Å². The van der Waals surface area contributed by atoms with Crippen molar-refractivity contribution >= 4 is 28.3 Å². The predicted molar refractivity (Wildman–Crippen MR) is 98.6 cm³/mol. The van der Waals surface area contributed by atoms with Crippen LogP contribution in [0.3, 0.4) is 0 Å². The van der Waals surface area contributed by atoms with Crippen molar-refractivity contribution in [2.75, 3.05) is 16.8 Å². The third-order valence-corrected chi connectivity index (χ3v) is 4.84. The molecule has 1 aliphatic heterocycles. The van der Waals surface area contributed by atoms with Gasteiger partial charge in [-0.2, -0.15) is 5.10 Å². The van der Waals surface area contributed by atoms with Gasteiger partial charge in [0.1, 0.15) is 17.4 Å². The summed E-state index contributed by atoms with van der Waals surface area (Å²) in [5.74, 6) is -1.26. The number of hydrogen-bond donors (Lipinski definition) is 1. The van der Waals surface area contributed by atoms with Gasteiger partial charge in [-0.1, -0.05) is 0 Å². The molecule has 0 spiro atoms. The largest absolute Gasteiger partial charge is 0.373 e. The second-order valence-corrected chi connectivity index (χ2v) is 6.71. The number of carbonyl (C=O) groups is 1. The summed E-state index contributed by atoms with van der Waals surface area (Å²) in [6.07, 6.45) is 3.12. The minimum atomic E-state index is -0.981. The molecular weight excluding hydrogens is 352 g/mol. The average Bonchev–Trinajstić information content (AvgIpc) is 3.06. The van der Waals surface area contributed by atoms with Crippen LogP contribution in [-0.2, 0) is 11.8 Å². The topological polar surface area (TPSA) is 63.1 Å². The first kappa shape index (κ1) is 17.4. The molecule has 140 valence electrons. The van der Waals surface area contributed by atoms with Crippen LogP contribution in [-0.4, -0.2) is 33.3 Å². The molecule has 1 saturated heterocycles. The highest BCUT2D eigenvalue weighted by Crippen LogP contribution is 2.29. The molecule has 6 nitrogen and oxygen atoms in total. The number of benzene rings is 1. The van der Waals surface area contributed by atoms with Gasteiger partial charge in [0.25, 0.3) is 5.91 Å². The molecule has 1 N–H and O–H groups in total. The van der Waals surface area contributed by atoms with E-state index in [1.165, 1.54) is 6.07 Å². The fourth-order valence-electron chi connectivity index (χ4n) is 3.54. The summed E-state index contributed by atoms with van der Waals surface area (Å²) in [6, 6.07) is 5.63. The van der Waals surface area contributed by atoms with Crippen LogP contribution in [0.5, 0.6) is 0 Å². The Balaban J connectivity index is 1.69. The lowest BCUT2D eigenvalue weighted by Crippen LogP contribution is -2.48. The van der Waals surface area contributed by atoms with E-state index in [4.69, 9.17) is 0 Å². The zero-order valence-electron chi connectivity index (χ0n) is 15.0. The Bertz CT molecular complexity index is 1030. The number of fused-ring (bicyclic) bond motifs is 1. The van der Waals surface area contributed by atoms with E-state index in [0.29, 0.717) is 29.7 Å². The van der Waals surface area contributed by atoms with Gasteiger partial charge in [-0.3, -0.25) is 14.4 Å². The lowest BCUT2D eigenvalue weighted by Gasteiger charge is -2.33. The molecule has 1 aromatic carbocycles. The van der Waals surface area contributed by atoms with E-state index in [1.54, 1.807) is 41.9 Å². The second kappa shape index (κ2) is 6.61. The minimum absolute atomic E-state index is 0.0377. The van der Waals surface area contributed by atoms with Crippen LogP contribution in [0.4, 0.5) is 20.3 Å². The maximum absolute atomic E-state index is 14.2. The highest BCUT2D eigenvalue weighted by molar-refractivity contribution is 6.01. The summed E-state index contributed by atoms with van der Waals surface area (Å²) >= 11 is 0. The lowest BCUT2D eigenvalue weighted by atomic mass is 10.0. The highest BCUT2D eigenvalue weighted by atomic mass is 19.2. The molecule has 3 aromatic rings. The number of aromatic nitrogens is 3. The van der Waals surface area contributed by atoms with E-state index >= 15 is 0 Å². The molecular formula is C19H19F2N5O. The van der Waals surface area contributed by atoms with Crippen LogP contribution in [0.1, 0.15) is 18.5 Å². The molecule has 2 aromatic heterocycles. The zero-order valence-corrected chi connectivity index (χ0v) is 15.0. The van der Waals surface area contributed by atoms with Crippen molar-refractivity contribution in [2.45, 2.75) is 25.8 Å². The van der Waals surface area contributed by atoms with E-state index in [2.05, 4.69) is 15.4 Å². The SMILES string of the molecule is Cc1cc(NC2CCCN(c3ccnn3C)C2=O)c2ccc(F)c(F)c2n1. The molecule has 8 heteroatoms. The molecule has 3 heterocycles. The number of amides is 1. The molecule has 27 heavy (non-hydrogen) atoms. The van der Waals surface area contributed by atoms with Crippen molar-refractivity contribution in [3.05, 3.63) is 47.8 Å². The standard InChI is InChI=1S/C19H19F2N5O/c1-11-10-15(12-5-6-13(20)17(21)18(12)23-11)24-14-4-3-9-26(19(14)27)16-7-8-22-25(16)2/h5-8,10,14H,3-4,9H2,1-2H3,(H,23,24). The Morgan fingerprint density at radius 2 is 2.07 bits per heavy atom. The fraction of sp³-hybridized carbons (Fsp3) is 0.316. The molecule has 1 unspecified atom stereocenters. The Labute approximate surface area is 154 Å². The van der Waals surface area contributed by atoms with Crippen molar-refractivity contribution in [3.8, 4) is 0 Å². The van der Waals surface area contributed by atoms with Crippen LogP contribution in [0.25, 0.3) is 10.9 Å². The van der Waals surface area contributed by atoms with Crippen LogP contribution >= 0.6 is 0 Å². The van der Waals surface area contributed by atoms with Gasteiger partial charge in [0, 0.05) is 36.4 Å². The highest BCUT2D eigenvalue weighted by Gasteiger charge is 2.31. The van der Waals surface area contributed by atoms with Gasteiger partial charge in [-0.05, 0) is 38.0 Å². The summed E-state index contributed by atoms with van der Waals surface area (Å²) in [4.78, 5) is 18.8. The molecule has 1 fully saturated rings. The molecule has 0 radical (unpaired) electrons. The molecule has 1 aliphatic rings. The van der Waals surface area contributed by atoms with E-state index in [0.717, 1.165) is 18.3 Å². The van der Waals surface area contributed by atoms with Crippen molar-refractivity contribution in [2.24, 2.45) is 7.05 Å². The minimum Gasteiger partial charge on any atom is -0.373 e. The summed E-state index contributed by atoms with van der Waals surface area (Å²) in [6.45, 7) is 2.33. The van der Waals surface area contributed by atoms with Crippen molar-refractivity contribution in [3.63, 3.8) is 0 Å². The zero-order chi connectivity index (χ0) is 19.1. The van der Waals surface area contributed by atoms with E-state index in [-0.39, 0.29) is 11.4 Å². The van der Waals surface area contributed by atoms with Crippen LogP contribution in [0.2, 0.25) is 0 Å². The monoisotopic (exact) mass is 371 g/mol. The van der Waals surface area contributed by atoms with Crippen molar-refractivity contribution < 1.29 is 13.6 Å². The average molecular weight is 371 g/mol. The lowest BCUT2D eigenvalue weighted by molar-refractivity contribution is -0.120. The van der Waals surface area contributed by atoms with Gasteiger partial charge < -0.3 is 5.32 Å². The van der Waals surface area contributed by atoms with Crippen LogP contribution in [0.15, 0.2) is 30.5 Å². The summed E-state index contributed by atoms with van der Waals surface area (Å²) in [5.41, 5.74) is 1.08. The molecule has 0 saturated carbocycles. The number of aryl methyl sites for hydroxylation is 2. The van der Waals surface area contributed by atoms with Gasteiger partial charge in [0.05, 0.1) is 6.20 Å². The molecule has 0 aliphatic carbocycles. The molecule has 4 rings (SSSR count). The predicted octanol–water partition coefficient (Wildman–Crippen LogP) is 3.16. The van der Waals surface area contributed by atoms with Gasteiger partial charge in [-0.25, -0.2) is 13.8 Å².